The molecular formula is C28H37F6NO5S. The minimum Gasteiger partial charge on any atom is -0.393 e. The summed E-state index contributed by atoms with van der Waals surface area (Å²) in [6.07, 6.45) is -8.07. The van der Waals surface area contributed by atoms with Gasteiger partial charge in [0.05, 0.1) is 11.8 Å². The lowest BCUT2D eigenvalue weighted by Crippen LogP contribution is -2.56. The minimum absolute atomic E-state index is 0.0472. The number of unbranched alkanes of at least 4 members (excludes halogenated alkanes) is 2. The van der Waals surface area contributed by atoms with Gasteiger partial charge in [-0.1, -0.05) is 31.9 Å². The summed E-state index contributed by atoms with van der Waals surface area (Å²) < 4.78 is 112. The first-order valence-electron chi connectivity index (χ1n) is 13.8. The Morgan fingerprint density at radius 3 is 2.34 bits per heavy atom. The molecule has 4 N–H and O–H groups in total. The van der Waals surface area contributed by atoms with Crippen molar-refractivity contribution in [2.45, 2.75) is 101 Å². The van der Waals surface area contributed by atoms with Crippen molar-refractivity contribution in [2.75, 3.05) is 4.72 Å². The number of hydrogen-bond donors (Lipinski definition) is 4. The van der Waals surface area contributed by atoms with E-state index in [4.69, 9.17) is 0 Å². The molecule has 3 unspecified atom stereocenters. The van der Waals surface area contributed by atoms with Gasteiger partial charge in [-0.05, 0) is 103 Å². The fourth-order valence-electron chi connectivity index (χ4n) is 8.33. The van der Waals surface area contributed by atoms with Gasteiger partial charge in [0.15, 0.2) is 0 Å². The van der Waals surface area contributed by atoms with E-state index in [0.29, 0.717) is 38.5 Å². The van der Waals surface area contributed by atoms with Gasteiger partial charge in [0.2, 0.25) is 0 Å². The number of aliphatic hydroxyl groups excluding tert-OH is 1. The van der Waals surface area contributed by atoms with E-state index in [9.17, 15) is 49.5 Å². The van der Waals surface area contributed by atoms with Gasteiger partial charge in [-0.2, -0.15) is 34.8 Å². The number of alkyl halides is 6. The van der Waals surface area contributed by atoms with Crippen LogP contribution in [0.4, 0.5) is 32.0 Å². The van der Waals surface area contributed by atoms with Crippen molar-refractivity contribution in [1.82, 2.24) is 0 Å². The number of allylic oxidation sites excluding steroid dienone is 1. The van der Waals surface area contributed by atoms with Crippen molar-refractivity contribution in [3.8, 4) is 0 Å². The highest BCUT2D eigenvalue weighted by atomic mass is 32.2. The first-order chi connectivity index (χ1) is 18.8. The third kappa shape index (κ3) is 5.63. The Morgan fingerprint density at radius 1 is 1.10 bits per heavy atom. The zero-order chi connectivity index (χ0) is 30.6. The topological polar surface area (TPSA) is 107 Å². The number of benzene rings is 1. The normalized spacial score (nSPS) is 32.1. The maximum absolute atomic E-state index is 13.1. The summed E-state index contributed by atoms with van der Waals surface area (Å²) >= 11 is 0. The van der Waals surface area contributed by atoms with Crippen LogP contribution in [0.2, 0.25) is 0 Å². The number of aryl methyl sites for hydroxylation is 1. The summed E-state index contributed by atoms with van der Waals surface area (Å²) in [4.78, 5) is 0. The van der Waals surface area contributed by atoms with Crippen LogP contribution in [-0.4, -0.2) is 47.2 Å². The lowest BCUT2D eigenvalue weighted by molar-refractivity contribution is -0.370. The third-order valence-electron chi connectivity index (χ3n) is 10.2. The van der Waals surface area contributed by atoms with E-state index in [2.05, 4.69) is 11.3 Å². The Kier molecular flexibility index (Phi) is 8.38. The highest BCUT2D eigenvalue weighted by Gasteiger charge is 2.69. The summed E-state index contributed by atoms with van der Waals surface area (Å²) in [6.45, 7) is 6.23. The van der Waals surface area contributed by atoms with E-state index in [1.54, 1.807) is 18.2 Å². The Hall–Kier alpha value is -1.83. The van der Waals surface area contributed by atoms with Crippen LogP contribution in [0.15, 0.2) is 30.9 Å². The second kappa shape index (κ2) is 10.7. The number of anilines is 1. The zero-order valence-corrected chi connectivity index (χ0v) is 23.5. The van der Waals surface area contributed by atoms with Crippen molar-refractivity contribution in [3.05, 3.63) is 42.0 Å². The van der Waals surface area contributed by atoms with Crippen LogP contribution in [0.3, 0.4) is 0 Å². The van der Waals surface area contributed by atoms with Crippen molar-refractivity contribution in [2.24, 2.45) is 22.7 Å². The van der Waals surface area contributed by atoms with Crippen molar-refractivity contribution in [3.63, 3.8) is 0 Å². The molecule has 0 amide bonds. The van der Waals surface area contributed by atoms with Crippen molar-refractivity contribution in [1.29, 1.82) is 0 Å². The Balaban J connectivity index is 1.60. The fraction of sp³-hybridized carbons (Fsp3) is 0.714. The number of aliphatic hydroxyl groups is 2. The molecule has 0 saturated heterocycles. The average molecular weight is 614 g/mol. The van der Waals surface area contributed by atoms with Gasteiger partial charge in [0, 0.05) is 0 Å². The first-order valence-corrected chi connectivity index (χ1v) is 15.3. The van der Waals surface area contributed by atoms with Crippen molar-refractivity contribution < 1.29 is 49.5 Å². The Labute approximate surface area is 236 Å². The largest absolute Gasteiger partial charge is 0.426 e. The molecule has 0 spiro atoms. The second-order valence-electron chi connectivity index (χ2n) is 12.4. The maximum Gasteiger partial charge on any atom is 0.426 e. The standard InChI is InChI=1S/C28H37F6NO5S/c1-3-25-14-12-17-15-19(35-41(38,39)40)8-9-20(17)23(25)18(16-24(2)21(25)10-11-22(24)36)7-5-4-6-13-26(37,27(29,30)31)28(32,33)34/h3,8-9,15,18,21-23,35-37H,1,4-7,10-14,16H2,2H3,(H,38,39,40)/t18-,21?,22-,23?,24-,25?/m0/s1. The predicted octanol–water partition coefficient (Wildman–Crippen LogP) is 6.71. The molecular weight excluding hydrogens is 576 g/mol. The molecule has 2 saturated carbocycles. The minimum atomic E-state index is -5.84. The number of rotatable bonds is 9. The molecule has 0 heterocycles. The molecule has 6 nitrogen and oxygen atoms in total. The second-order valence-corrected chi connectivity index (χ2v) is 13.5. The van der Waals surface area contributed by atoms with E-state index in [-0.39, 0.29) is 29.9 Å². The van der Waals surface area contributed by atoms with Crippen LogP contribution in [0.25, 0.3) is 0 Å². The van der Waals surface area contributed by atoms with Crippen molar-refractivity contribution >= 4 is 16.0 Å². The van der Waals surface area contributed by atoms with Gasteiger partial charge in [0.1, 0.15) is 0 Å². The lowest BCUT2D eigenvalue weighted by Gasteiger charge is -2.60. The summed E-state index contributed by atoms with van der Waals surface area (Å²) in [5.74, 6) is -0.0687. The fourth-order valence-corrected chi connectivity index (χ4v) is 8.75. The van der Waals surface area contributed by atoms with Crippen LogP contribution in [0.1, 0.15) is 81.8 Å². The average Bonchev–Trinajstić information content (AvgIpc) is 3.15. The van der Waals surface area contributed by atoms with Crippen LogP contribution in [-0.2, 0) is 16.7 Å². The molecule has 6 atom stereocenters. The first kappa shape index (κ1) is 32.1. The highest BCUT2D eigenvalue weighted by Crippen LogP contribution is 2.69. The van der Waals surface area contributed by atoms with Crippen LogP contribution in [0, 0.1) is 22.7 Å². The van der Waals surface area contributed by atoms with Gasteiger partial charge in [-0.3, -0.25) is 9.27 Å². The third-order valence-corrected chi connectivity index (χ3v) is 10.7. The maximum atomic E-state index is 13.1. The van der Waals surface area contributed by atoms with Gasteiger partial charge in [-0.25, -0.2) is 0 Å². The van der Waals surface area contributed by atoms with Gasteiger partial charge < -0.3 is 10.2 Å². The molecule has 3 aliphatic rings. The number of hydrogen-bond acceptors (Lipinski definition) is 4. The number of fused-ring (bicyclic) bond motifs is 5. The molecule has 0 aromatic heterocycles. The summed E-state index contributed by atoms with van der Waals surface area (Å²) in [6, 6.07) is 5.02. The molecule has 1 aromatic rings. The molecule has 41 heavy (non-hydrogen) atoms. The molecule has 4 rings (SSSR count). The lowest BCUT2D eigenvalue weighted by atomic mass is 9.44. The molecule has 0 radical (unpaired) electrons. The van der Waals surface area contributed by atoms with Gasteiger partial charge in [0.25, 0.3) is 5.60 Å². The molecule has 2 fully saturated rings. The summed E-state index contributed by atoms with van der Waals surface area (Å²) in [5, 5.41) is 20.5. The SMILES string of the molecule is C=CC12CCc3cc(NS(=O)(=O)O)ccc3C1[C@@H](CCCCCC(O)(C(F)(F)F)C(F)(F)F)C[C@@]1(C)C2CC[C@@H]1O. The van der Waals surface area contributed by atoms with Crippen LogP contribution < -0.4 is 4.72 Å². The Bertz CT molecular complexity index is 1240. The molecule has 1 aromatic carbocycles. The highest BCUT2D eigenvalue weighted by molar-refractivity contribution is 7.87. The molecule has 13 heteroatoms. The van der Waals surface area contributed by atoms with Crippen LogP contribution in [0.5, 0.6) is 0 Å². The predicted molar refractivity (Wildman–Crippen MR) is 140 cm³/mol. The molecule has 0 aliphatic heterocycles. The van der Waals surface area contributed by atoms with E-state index in [0.717, 1.165) is 17.5 Å². The monoisotopic (exact) mass is 613 g/mol. The van der Waals surface area contributed by atoms with E-state index in [1.165, 1.54) is 0 Å². The number of nitrogens with one attached hydrogen (secondary N) is 1. The quantitative estimate of drug-likeness (QED) is 0.107. The van der Waals surface area contributed by atoms with Crippen LogP contribution >= 0.6 is 0 Å². The van der Waals surface area contributed by atoms with Gasteiger partial charge >= 0.3 is 22.7 Å². The van der Waals surface area contributed by atoms with E-state index >= 15 is 0 Å². The Morgan fingerprint density at radius 2 is 1.76 bits per heavy atom. The van der Waals surface area contributed by atoms with E-state index in [1.807, 2.05) is 13.0 Å². The zero-order valence-electron chi connectivity index (χ0n) is 22.7. The smallest absolute Gasteiger partial charge is 0.393 e. The molecule has 3 aliphatic carbocycles. The molecule has 0 bridgehead atoms. The van der Waals surface area contributed by atoms with Gasteiger partial charge in [-0.15, -0.1) is 6.58 Å². The van der Waals surface area contributed by atoms with E-state index < -0.39 is 58.0 Å². The summed E-state index contributed by atoms with van der Waals surface area (Å²) in [7, 11) is -4.48. The molecule has 232 valence electrons. The summed E-state index contributed by atoms with van der Waals surface area (Å²) in [5.41, 5.74) is -3.55. The number of halogens is 6.